The summed E-state index contributed by atoms with van der Waals surface area (Å²) in [5.74, 6) is 2.41. The van der Waals surface area contributed by atoms with E-state index in [4.69, 9.17) is 9.47 Å². The minimum Gasteiger partial charge on any atom is -0.454 e. The van der Waals surface area contributed by atoms with Crippen LogP contribution in [0.25, 0.3) is 0 Å². The Morgan fingerprint density at radius 3 is 3.04 bits per heavy atom. The van der Waals surface area contributed by atoms with Crippen molar-refractivity contribution in [1.29, 1.82) is 0 Å². The number of sulfonamides is 1. The van der Waals surface area contributed by atoms with Crippen molar-refractivity contribution in [1.82, 2.24) is 13.9 Å². The summed E-state index contributed by atoms with van der Waals surface area (Å²) < 4.78 is 39.7. The Balaban J connectivity index is 1.50. The maximum atomic E-state index is 12.8. The van der Waals surface area contributed by atoms with Crippen LogP contribution in [-0.4, -0.2) is 42.7 Å². The SMILES string of the molecule is CN(C[C@H]1CCc2nccn2C1)S(=O)(=O)c1ccc2c(c1)OCO2. The summed E-state index contributed by atoms with van der Waals surface area (Å²) in [7, 11) is -1.92. The van der Waals surface area contributed by atoms with E-state index in [0.29, 0.717) is 18.0 Å². The first-order valence-corrected chi connectivity index (χ1v) is 9.34. The third-order valence-corrected chi connectivity index (χ3v) is 6.42. The first kappa shape index (κ1) is 15.5. The van der Waals surface area contributed by atoms with E-state index in [1.165, 1.54) is 10.4 Å². The van der Waals surface area contributed by atoms with Gasteiger partial charge in [0, 0.05) is 45.0 Å². The topological polar surface area (TPSA) is 73.7 Å². The van der Waals surface area contributed by atoms with Gasteiger partial charge in [-0.25, -0.2) is 17.7 Å². The van der Waals surface area contributed by atoms with E-state index in [2.05, 4.69) is 9.55 Å². The van der Waals surface area contributed by atoms with Gasteiger partial charge in [-0.15, -0.1) is 0 Å². The van der Waals surface area contributed by atoms with Gasteiger partial charge in [0.15, 0.2) is 11.5 Å². The number of aryl methyl sites for hydroxylation is 1. The number of rotatable bonds is 4. The Hall–Kier alpha value is -2.06. The summed E-state index contributed by atoms with van der Waals surface area (Å²) in [5, 5.41) is 0. The van der Waals surface area contributed by atoms with Crippen LogP contribution in [0.3, 0.4) is 0 Å². The molecule has 0 saturated carbocycles. The Kier molecular flexibility index (Phi) is 3.73. The Morgan fingerprint density at radius 1 is 1.33 bits per heavy atom. The maximum absolute atomic E-state index is 12.8. The van der Waals surface area contributed by atoms with E-state index in [1.54, 1.807) is 25.4 Å². The summed E-state index contributed by atoms with van der Waals surface area (Å²) >= 11 is 0. The summed E-state index contributed by atoms with van der Waals surface area (Å²) in [4.78, 5) is 4.54. The number of ether oxygens (including phenoxy) is 2. The number of fused-ring (bicyclic) bond motifs is 2. The molecule has 0 radical (unpaired) electrons. The first-order valence-electron chi connectivity index (χ1n) is 7.90. The van der Waals surface area contributed by atoms with Crippen molar-refractivity contribution in [3.63, 3.8) is 0 Å². The van der Waals surface area contributed by atoms with Gasteiger partial charge in [-0.3, -0.25) is 0 Å². The zero-order valence-corrected chi connectivity index (χ0v) is 14.2. The molecule has 0 spiro atoms. The highest BCUT2D eigenvalue weighted by atomic mass is 32.2. The summed E-state index contributed by atoms with van der Waals surface area (Å²) in [6, 6.07) is 4.73. The van der Waals surface area contributed by atoms with Crippen LogP contribution in [0, 0.1) is 5.92 Å². The second-order valence-electron chi connectivity index (χ2n) is 6.20. The van der Waals surface area contributed by atoms with E-state index >= 15 is 0 Å². The first-order chi connectivity index (χ1) is 11.5. The summed E-state index contributed by atoms with van der Waals surface area (Å²) in [6.45, 7) is 1.41. The van der Waals surface area contributed by atoms with Crippen LogP contribution in [0.2, 0.25) is 0 Å². The van der Waals surface area contributed by atoms with Gasteiger partial charge in [0.25, 0.3) is 0 Å². The van der Waals surface area contributed by atoms with Gasteiger partial charge in [0.2, 0.25) is 16.8 Å². The van der Waals surface area contributed by atoms with Crippen LogP contribution in [0.15, 0.2) is 35.5 Å². The van der Waals surface area contributed by atoms with Crippen molar-refractivity contribution in [2.45, 2.75) is 24.3 Å². The molecule has 3 heterocycles. The molecule has 0 bridgehead atoms. The largest absolute Gasteiger partial charge is 0.454 e. The van der Waals surface area contributed by atoms with Gasteiger partial charge in [-0.05, 0) is 24.5 Å². The fourth-order valence-corrected chi connectivity index (χ4v) is 4.53. The highest BCUT2D eigenvalue weighted by Gasteiger charge is 2.28. The van der Waals surface area contributed by atoms with Crippen molar-refractivity contribution in [2.24, 2.45) is 5.92 Å². The van der Waals surface area contributed by atoms with Gasteiger partial charge in [-0.1, -0.05) is 0 Å². The van der Waals surface area contributed by atoms with Crippen LogP contribution >= 0.6 is 0 Å². The molecule has 128 valence electrons. The van der Waals surface area contributed by atoms with Gasteiger partial charge >= 0.3 is 0 Å². The molecule has 0 aliphatic carbocycles. The van der Waals surface area contributed by atoms with Crippen molar-refractivity contribution < 1.29 is 17.9 Å². The molecule has 0 unspecified atom stereocenters. The standard InChI is InChI=1S/C16H19N3O4S/c1-18(9-12-2-5-16-17-6-7-19(16)10-12)24(20,21)13-3-4-14-15(8-13)23-11-22-14/h3-4,6-8,12H,2,5,9-11H2,1H3/t12-/m1/s1. The van der Waals surface area contributed by atoms with Crippen LogP contribution in [0.1, 0.15) is 12.2 Å². The highest BCUT2D eigenvalue weighted by molar-refractivity contribution is 7.89. The molecule has 4 rings (SSSR count). The van der Waals surface area contributed by atoms with Crippen LogP contribution in [0.5, 0.6) is 11.5 Å². The lowest BCUT2D eigenvalue weighted by atomic mass is 10.00. The summed E-state index contributed by atoms with van der Waals surface area (Å²) in [6.07, 6.45) is 5.58. The molecule has 0 amide bonds. The molecule has 0 fully saturated rings. The molecule has 2 aromatic rings. The van der Waals surface area contributed by atoms with E-state index in [1.807, 2.05) is 6.20 Å². The third kappa shape index (κ3) is 2.65. The summed E-state index contributed by atoms with van der Waals surface area (Å²) in [5.41, 5.74) is 0. The van der Waals surface area contributed by atoms with E-state index in [9.17, 15) is 8.42 Å². The Bertz CT molecular complexity index is 862. The smallest absolute Gasteiger partial charge is 0.242 e. The molecule has 24 heavy (non-hydrogen) atoms. The minimum absolute atomic E-state index is 0.129. The van der Waals surface area contributed by atoms with Gasteiger partial charge in [0.05, 0.1) is 4.90 Å². The highest BCUT2D eigenvalue weighted by Crippen LogP contribution is 2.34. The minimum atomic E-state index is -3.55. The van der Waals surface area contributed by atoms with E-state index < -0.39 is 10.0 Å². The molecule has 7 nitrogen and oxygen atoms in total. The van der Waals surface area contributed by atoms with Gasteiger partial charge in [0.1, 0.15) is 5.82 Å². The number of hydrogen-bond acceptors (Lipinski definition) is 5. The number of aromatic nitrogens is 2. The normalized spacial score (nSPS) is 19.5. The fourth-order valence-electron chi connectivity index (χ4n) is 3.27. The third-order valence-electron chi connectivity index (χ3n) is 4.60. The quantitative estimate of drug-likeness (QED) is 0.836. The van der Waals surface area contributed by atoms with E-state index in [-0.39, 0.29) is 17.6 Å². The van der Waals surface area contributed by atoms with Crippen molar-refractivity contribution in [3.8, 4) is 11.5 Å². The second-order valence-corrected chi connectivity index (χ2v) is 8.25. The monoisotopic (exact) mass is 349 g/mol. The molecule has 2 aliphatic heterocycles. The maximum Gasteiger partial charge on any atom is 0.242 e. The lowest BCUT2D eigenvalue weighted by molar-refractivity contribution is 0.174. The molecule has 1 aromatic heterocycles. The zero-order chi connectivity index (χ0) is 16.7. The van der Waals surface area contributed by atoms with Crippen molar-refractivity contribution in [3.05, 3.63) is 36.4 Å². The van der Waals surface area contributed by atoms with Crippen LogP contribution in [0.4, 0.5) is 0 Å². The lowest BCUT2D eigenvalue weighted by Crippen LogP contribution is -2.35. The average Bonchev–Trinajstić information content (AvgIpc) is 3.22. The van der Waals surface area contributed by atoms with E-state index in [0.717, 1.165) is 25.2 Å². The number of imidazole rings is 1. The number of nitrogens with zero attached hydrogens (tertiary/aromatic N) is 3. The predicted molar refractivity (Wildman–Crippen MR) is 86.4 cm³/mol. The molecule has 0 N–H and O–H groups in total. The van der Waals surface area contributed by atoms with Gasteiger partial charge < -0.3 is 14.0 Å². The Labute approximate surface area is 140 Å². The average molecular weight is 349 g/mol. The molecule has 1 atom stereocenters. The predicted octanol–water partition coefficient (Wildman–Crippen LogP) is 1.49. The van der Waals surface area contributed by atoms with Crippen LogP contribution in [-0.2, 0) is 23.0 Å². The fraction of sp³-hybridized carbons (Fsp3) is 0.438. The molecule has 0 saturated heterocycles. The lowest BCUT2D eigenvalue weighted by Gasteiger charge is -2.27. The molecular formula is C16H19N3O4S. The number of benzene rings is 1. The van der Waals surface area contributed by atoms with Crippen molar-refractivity contribution in [2.75, 3.05) is 20.4 Å². The number of hydrogen-bond donors (Lipinski definition) is 0. The molecule has 1 aromatic carbocycles. The molecule has 2 aliphatic rings. The van der Waals surface area contributed by atoms with Crippen LogP contribution < -0.4 is 9.47 Å². The Morgan fingerprint density at radius 2 is 2.17 bits per heavy atom. The second kappa shape index (κ2) is 5.78. The molecule has 8 heteroatoms. The van der Waals surface area contributed by atoms with Crippen molar-refractivity contribution >= 4 is 10.0 Å². The molecular weight excluding hydrogens is 330 g/mol. The van der Waals surface area contributed by atoms with Gasteiger partial charge in [-0.2, -0.15) is 0 Å². The zero-order valence-electron chi connectivity index (χ0n) is 13.4.